The molecular weight excluding hydrogens is 198 g/mol. The summed E-state index contributed by atoms with van der Waals surface area (Å²) in [6.07, 6.45) is 3.85. The standard InChI is InChI=1S/C13H25N3/c1-5-15-13(4,9-14)10-16-11(2)7-6-8-12(16)3/h11-12,15H,5-8,10H2,1-4H3. The van der Waals surface area contributed by atoms with E-state index in [1.807, 2.05) is 6.92 Å². The summed E-state index contributed by atoms with van der Waals surface area (Å²) in [4.78, 5) is 2.48. The number of piperidine rings is 1. The van der Waals surface area contributed by atoms with E-state index in [0.29, 0.717) is 12.1 Å². The molecule has 1 aliphatic rings. The van der Waals surface area contributed by atoms with Crippen molar-refractivity contribution in [3.63, 3.8) is 0 Å². The average Bonchev–Trinajstić information content (AvgIpc) is 2.24. The molecule has 0 spiro atoms. The molecule has 92 valence electrons. The second kappa shape index (κ2) is 5.65. The highest BCUT2D eigenvalue weighted by Gasteiger charge is 2.32. The SMILES string of the molecule is CCNC(C)(C#N)CN1C(C)CCCC1C. The fourth-order valence-electron chi connectivity index (χ4n) is 2.67. The van der Waals surface area contributed by atoms with Crippen molar-refractivity contribution in [2.75, 3.05) is 13.1 Å². The number of likely N-dealkylation sites (tertiary alicyclic amines) is 1. The lowest BCUT2D eigenvalue weighted by molar-refractivity contribution is 0.0819. The Labute approximate surface area is 99.8 Å². The lowest BCUT2D eigenvalue weighted by Crippen LogP contribution is -2.55. The highest BCUT2D eigenvalue weighted by Crippen LogP contribution is 2.24. The molecule has 0 amide bonds. The van der Waals surface area contributed by atoms with Crippen LogP contribution in [0.3, 0.4) is 0 Å². The average molecular weight is 223 g/mol. The first-order valence-corrected chi connectivity index (χ1v) is 6.44. The van der Waals surface area contributed by atoms with Gasteiger partial charge in [0.05, 0.1) is 6.07 Å². The second-order valence-corrected chi connectivity index (χ2v) is 5.28. The molecule has 1 heterocycles. The molecule has 0 aliphatic carbocycles. The van der Waals surface area contributed by atoms with Crippen molar-refractivity contribution in [2.45, 2.75) is 64.6 Å². The van der Waals surface area contributed by atoms with E-state index in [1.54, 1.807) is 0 Å². The van der Waals surface area contributed by atoms with Gasteiger partial charge >= 0.3 is 0 Å². The van der Waals surface area contributed by atoms with Crippen LogP contribution < -0.4 is 5.32 Å². The summed E-state index contributed by atoms with van der Waals surface area (Å²) in [5.74, 6) is 0. The molecule has 1 aliphatic heterocycles. The zero-order chi connectivity index (χ0) is 12.2. The molecule has 3 unspecified atom stereocenters. The van der Waals surface area contributed by atoms with Crippen LogP contribution in [0.1, 0.15) is 47.0 Å². The van der Waals surface area contributed by atoms with Gasteiger partial charge in [-0.2, -0.15) is 5.26 Å². The van der Waals surface area contributed by atoms with Gasteiger partial charge in [0.15, 0.2) is 0 Å². The first-order chi connectivity index (χ1) is 7.52. The molecule has 0 aromatic heterocycles. The van der Waals surface area contributed by atoms with Crippen molar-refractivity contribution in [1.82, 2.24) is 10.2 Å². The molecule has 1 rings (SSSR count). The third-order valence-corrected chi connectivity index (χ3v) is 3.69. The smallest absolute Gasteiger partial charge is 0.116 e. The lowest BCUT2D eigenvalue weighted by atomic mass is 9.94. The Morgan fingerprint density at radius 2 is 1.94 bits per heavy atom. The molecular formula is C13H25N3. The van der Waals surface area contributed by atoms with Crippen LogP contribution in [0.15, 0.2) is 0 Å². The van der Waals surface area contributed by atoms with Crippen LogP contribution in [0, 0.1) is 11.3 Å². The first-order valence-electron chi connectivity index (χ1n) is 6.44. The molecule has 0 radical (unpaired) electrons. The van der Waals surface area contributed by atoms with Crippen molar-refractivity contribution >= 4 is 0 Å². The largest absolute Gasteiger partial charge is 0.299 e. The predicted molar refractivity (Wildman–Crippen MR) is 67.2 cm³/mol. The Kier molecular flexibility index (Phi) is 4.76. The van der Waals surface area contributed by atoms with Gasteiger partial charge in [-0.1, -0.05) is 13.3 Å². The van der Waals surface area contributed by atoms with E-state index in [9.17, 15) is 5.26 Å². The van der Waals surface area contributed by atoms with Crippen molar-refractivity contribution in [1.29, 1.82) is 5.26 Å². The van der Waals surface area contributed by atoms with Crippen molar-refractivity contribution in [3.8, 4) is 6.07 Å². The van der Waals surface area contributed by atoms with E-state index in [0.717, 1.165) is 13.1 Å². The molecule has 3 atom stereocenters. The highest BCUT2D eigenvalue weighted by atomic mass is 15.2. The summed E-state index contributed by atoms with van der Waals surface area (Å²) in [6, 6.07) is 3.63. The molecule has 0 saturated carbocycles. The van der Waals surface area contributed by atoms with Gasteiger partial charge in [-0.05, 0) is 40.2 Å². The maximum Gasteiger partial charge on any atom is 0.116 e. The van der Waals surface area contributed by atoms with Gasteiger partial charge in [-0.3, -0.25) is 10.2 Å². The van der Waals surface area contributed by atoms with Crippen molar-refractivity contribution < 1.29 is 0 Å². The predicted octanol–water partition coefficient (Wildman–Crippen LogP) is 2.14. The minimum atomic E-state index is -0.408. The Morgan fingerprint density at radius 3 is 2.38 bits per heavy atom. The Balaban J connectivity index is 2.66. The molecule has 1 saturated heterocycles. The summed E-state index contributed by atoms with van der Waals surface area (Å²) in [7, 11) is 0. The van der Waals surface area contributed by atoms with Gasteiger partial charge in [0, 0.05) is 18.6 Å². The van der Waals surface area contributed by atoms with E-state index in [4.69, 9.17) is 0 Å². The Bertz CT molecular complexity index is 248. The zero-order valence-electron chi connectivity index (χ0n) is 11.1. The topological polar surface area (TPSA) is 39.1 Å². The number of nitriles is 1. The number of rotatable bonds is 4. The molecule has 1 N–H and O–H groups in total. The van der Waals surface area contributed by atoms with Crippen LogP contribution in [0.2, 0.25) is 0 Å². The summed E-state index contributed by atoms with van der Waals surface area (Å²) in [5.41, 5.74) is -0.408. The number of nitrogens with zero attached hydrogens (tertiary/aromatic N) is 2. The maximum atomic E-state index is 9.28. The first kappa shape index (κ1) is 13.5. The van der Waals surface area contributed by atoms with Crippen LogP contribution in [0.25, 0.3) is 0 Å². The molecule has 0 aromatic rings. The van der Waals surface area contributed by atoms with Crippen LogP contribution in [-0.2, 0) is 0 Å². The summed E-state index contributed by atoms with van der Waals surface area (Å²) in [6.45, 7) is 10.3. The maximum absolute atomic E-state index is 9.28. The van der Waals surface area contributed by atoms with Gasteiger partial charge in [0.2, 0.25) is 0 Å². The van der Waals surface area contributed by atoms with Gasteiger partial charge < -0.3 is 0 Å². The van der Waals surface area contributed by atoms with E-state index in [2.05, 4.69) is 37.1 Å². The molecule has 3 heteroatoms. The van der Waals surface area contributed by atoms with Gasteiger partial charge in [-0.25, -0.2) is 0 Å². The minimum absolute atomic E-state index is 0.408. The van der Waals surface area contributed by atoms with Crippen LogP contribution in [0.5, 0.6) is 0 Å². The van der Waals surface area contributed by atoms with E-state index < -0.39 is 5.54 Å². The van der Waals surface area contributed by atoms with E-state index in [1.165, 1.54) is 19.3 Å². The Morgan fingerprint density at radius 1 is 1.38 bits per heavy atom. The van der Waals surface area contributed by atoms with Gasteiger partial charge in [-0.15, -0.1) is 0 Å². The summed E-state index contributed by atoms with van der Waals surface area (Å²) >= 11 is 0. The van der Waals surface area contributed by atoms with Crippen molar-refractivity contribution in [3.05, 3.63) is 0 Å². The normalized spacial score (nSPS) is 30.7. The van der Waals surface area contributed by atoms with Gasteiger partial charge in [0.1, 0.15) is 5.54 Å². The molecule has 1 fully saturated rings. The van der Waals surface area contributed by atoms with Gasteiger partial charge in [0.25, 0.3) is 0 Å². The third-order valence-electron chi connectivity index (χ3n) is 3.69. The molecule has 3 nitrogen and oxygen atoms in total. The molecule has 16 heavy (non-hydrogen) atoms. The number of likely N-dealkylation sites (N-methyl/N-ethyl adjacent to an activating group) is 1. The second-order valence-electron chi connectivity index (χ2n) is 5.28. The highest BCUT2D eigenvalue weighted by molar-refractivity contribution is 5.06. The number of hydrogen-bond donors (Lipinski definition) is 1. The summed E-state index contributed by atoms with van der Waals surface area (Å²) < 4.78 is 0. The third kappa shape index (κ3) is 3.20. The fraction of sp³-hybridized carbons (Fsp3) is 0.923. The van der Waals surface area contributed by atoms with E-state index in [-0.39, 0.29) is 0 Å². The fourth-order valence-corrected chi connectivity index (χ4v) is 2.67. The zero-order valence-corrected chi connectivity index (χ0v) is 11.1. The number of hydrogen-bond acceptors (Lipinski definition) is 3. The Hall–Kier alpha value is -0.590. The molecule has 0 aromatic carbocycles. The molecule has 0 bridgehead atoms. The minimum Gasteiger partial charge on any atom is -0.299 e. The number of nitrogens with one attached hydrogen (secondary N) is 1. The van der Waals surface area contributed by atoms with Crippen LogP contribution in [0.4, 0.5) is 0 Å². The van der Waals surface area contributed by atoms with Crippen LogP contribution in [-0.4, -0.2) is 35.6 Å². The summed E-state index contributed by atoms with van der Waals surface area (Å²) in [5, 5.41) is 12.6. The monoisotopic (exact) mass is 223 g/mol. The lowest BCUT2D eigenvalue weighted by Gasteiger charge is -2.42. The van der Waals surface area contributed by atoms with E-state index >= 15 is 0 Å². The quantitative estimate of drug-likeness (QED) is 0.793. The van der Waals surface area contributed by atoms with Crippen LogP contribution >= 0.6 is 0 Å². The van der Waals surface area contributed by atoms with Crippen molar-refractivity contribution in [2.24, 2.45) is 0 Å².